The minimum absolute atomic E-state index is 0.474. The lowest BCUT2D eigenvalue weighted by Crippen LogP contribution is -1.73. The van der Waals surface area contributed by atoms with Gasteiger partial charge >= 0.3 is 0 Å². The number of rotatable bonds is 1. The number of hydrogen-bond donors (Lipinski definition) is 0. The fourth-order valence-corrected chi connectivity index (χ4v) is 1.13. The third kappa shape index (κ3) is 1.92. The highest BCUT2D eigenvalue weighted by atomic mass is 79.9. The van der Waals surface area contributed by atoms with Crippen LogP contribution < -0.4 is 0 Å². The normalized spacial score (nSPS) is 8.91. The SMILES string of the molecule is [N-]=[N+]=Nc1cncc(Br)c1Br. The molecule has 0 amide bonds. The molecule has 0 saturated carbocycles. The lowest BCUT2D eigenvalue weighted by Gasteiger charge is -1.96. The summed E-state index contributed by atoms with van der Waals surface area (Å²) in [5.74, 6) is 0. The summed E-state index contributed by atoms with van der Waals surface area (Å²) in [6.07, 6.45) is 3.09. The Morgan fingerprint density at radius 1 is 1.45 bits per heavy atom. The molecule has 0 aromatic carbocycles. The summed E-state index contributed by atoms with van der Waals surface area (Å²) in [5.41, 5.74) is 8.60. The smallest absolute Gasteiger partial charge is 0.0712 e. The molecule has 1 aromatic heterocycles. The first kappa shape index (κ1) is 8.52. The van der Waals surface area contributed by atoms with Gasteiger partial charge in [0, 0.05) is 21.8 Å². The summed E-state index contributed by atoms with van der Waals surface area (Å²) < 4.78 is 1.48. The topological polar surface area (TPSA) is 61.7 Å². The number of aromatic nitrogens is 1. The Hall–Kier alpha value is -0.580. The Kier molecular flexibility index (Phi) is 2.87. The summed E-state index contributed by atoms with van der Waals surface area (Å²) in [4.78, 5) is 6.46. The summed E-state index contributed by atoms with van der Waals surface area (Å²) >= 11 is 6.45. The third-order valence-electron chi connectivity index (χ3n) is 0.972. The van der Waals surface area contributed by atoms with Gasteiger partial charge in [0.2, 0.25) is 0 Å². The van der Waals surface area contributed by atoms with Gasteiger partial charge < -0.3 is 0 Å². The Labute approximate surface area is 79.5 Å². The predicted octanol–water partition coefficient (Wildman–Crippen LogP) is 3.55. The highest BCUT2D eigenvalue weighted by molar-refractivity contribution is 9.13. The second-order valence-corrected chi connectivity index (χ2v) is 3.29. The molecule has 0 N–H and O–H groups in total. The average Bonchev–Trinajstić information content (AvgIpc) is 1.99. The molecule has 0 bridgehead atoms. The van der Waals surface area contributed by atoms with Crippen LogP contribution in [0.15, 0.2) is 26.5 Å². The van der Waals surface area contributed by atoms with E-state index in [9.17, 15) is 0 Å². The van der Waals surface area contributed by atoms with Gasteiger partial charge in [0.15, 0.2) is 0 Å². The second kappa shape index (κ2) is 3.71. The molecule has 0 spiro atoms. The largest absolute Gasteiger partial charge is 0.263 e. The van der Waals surface area contributed by atoms with Crippen LogP contribution in [0.3, 0.4) is 0 Å². The van der Waals surface area contributed by atoms with Gasteiger partial charge in [-0.1, -0.05) is 5.11 Å². The Morgan fingerprint density at radius 3 is 2.82 bits per heavy atom. The molecule has 4 nitrogen and oxygen atoms in total. The number of nitrogens with zero attached hydrogens (tertiary/aromatic N) is 4. The Balaban J connectivity index is 3.26. The summed E-state index contributed by atoms with van der Waals surface area (Å²) in [7, 11) is 0. The molecule has 11 heavy (non-hydrogen) atoms. The molecule has 0 aliphatic carbocycles. The fraction of sp³-hybridized carbons (Fsp3) is 0. The Bertz CT molecular complexity index is 318. The quantitative estimate of drug-likeness (QED) is 0.440. The zero-order valence-electron chi connectivity index (χ0n) is 5.20. The van der Waals surface area contributed by atoms with Crippen molar-refractivity contribution >= 4 is 37.5 Å². The van der Waals surface area contributed by atoms with E-state index in [0.717, 1.165) is 4.47 Å². The molecular weight excluding hydrogens is 276 g/mol. The molecule has 0 atom stereocenters. The first-order valence-corrected chi connectivity index (χ1v) is 4.18. The molecule has 0 saturated heterocycles. The van der Waals surface area contributed by atoms with Crippen molar-refractivity contribution in [2.75, 3.05) is 0 Å². The van der Waals surface area contributed by atoms with Crippen LogP contribution in [0, 0.1) is 0 Å². The predicted molar refractivity (Wildman–Crippen MR) is 48.4 cm³/mol. The maximum atomic E-state index is 8.13. The molecule has 6 heteroatoms. The molecule has 0 fully saturated rings. The molecule has 0 aliphatic rings. The van der Waals surface area contributed by atoms with Crippen LogP contribution >= 0.6 is 31.9 Å². The monoisotopic (exact) mass is 276 g/mol. The number of pyridine rings is 1. The average molecular weight is 278 g/mol. The van der Waals surface area contributed by atoms with Crippen LogP contribution in [0.2, 0.25) is 0 Å². The van der Waals surface area contributed by atoms with Gasteiger partial charge in [0.25, 0.3) is 0 Å². The number of halogens is 2. The van der Waals surface area contributed by atoms with Crippen molar-refractivity contribution in [2.45, 2.75) is 0 Å². The van der Waals surface area contributed by atoms with E-state index in [0.29, 0.717) is 10.2 Å². The van der Waals surface area contributed by atoms with Crippen molar-refractivity contribution in [3.05, 3.63) is 31.8 Å². The molecule has 0 radical (unpaired) electrons. The maximum Gasteiger partial charge on any atom is 0.0712 e. The number of azide groups is 1. The zero-order valence-corrected chi connectivity index (χ0v) is 8.37. The standard InChI is InChI=1S/C5H2Br2N4/c6-3-1-9-2-4(5(3)7)10-11-8/h1-2H. The lowest BCUT2D eigenvalue weighted by molar-refractivity contribution is 1.26. The van der Waals surface area contributed by atoms with Crippen molar-refractivity contribution in [2.24, 2.45) is 5.11 Å². The molecular formula is C5H2Br2N4. The first-order chi connectivity index (χ1) is 5.25. The molecule has 1 heterocycles. The molecule has 56 valence electrons. The second-order valence-electron chi connectivity index (χ2n) is 1.64. The maximum absolute atomic E-state index is 8.13. The highest BCUT2D eigenvalue weighted by Crippen LogP contribution is 2.31. The van der Waals surface area contributed by atoms with E-state index in [-0.39, 0.29) is 0 Å². The van der Waals surface area contributed by atoms with E-state index in [2.05, 4.69) is 46.9 Å². The van der Waals surface area contributed by atoms with Crippen LogP contribution in [-0.2, 0) is 0 Å². The zero-order chi connectivity index (χ0) is 8.27. The third-order valence-corrected chi connectivity index (χ3v) is 2.94. The molecule has 1 rings (SSSR count). The van der Waals surface area contributed by atoms with E-state index < -0.39 is 0 Å². The van der Waals surface area contributed by atoms with Crippen molar-refractivity contribution in [3.63, 3.8) is 0 Å². The van der Waals surface area contributed by atoms with Crippen molar-refractivity contribution in [1.29, 1.82) is 0 Å². The van der Waals surface area contributed by atoms with E-state index >= 15 is 0 Å². The van der Waals surface area contributed by atoms with Crippen LogP contribution in [-0.4, -0.2) is 4.98 Å². The molecule has 0 aliphatic heterocycles. The van der Waals surface area contributed by atoms with Gasteiger partial charge in [0.05, 0.1) is 10.2 Å². The minimum atomic E-state index is 0.474. The van der Waals surface area contributed by atoms with Crippen molar-refractivity contribution in [1.82, 2.24) is 4.98 Å². The number of hydrogen-bond acceptors (Lipinski definition) is 2. The summed E-state index contributed by atoms with van der Waals surface area (Å²) in [6.45, 7) is 0. The van der Waals surface area contributed by atoms with Crippen LogP contribution in [0.4, 0.5) is 5.69 Å². The van der Waals surface area contributed by atoms with E-state index in [4.69, 9.17) is 5.53 Å². The van der Waals surface area contributed by atoms with E-state index in [1.54, 1.807) is 6.20 Å². The fourth-order valence-electron chi connectivity index (χ4n) is 0.527. The van der Waals surface area contributed by atoms with E-state index in [1.165, 1.54) is 6.20 Å². The van der Waals surface area contributed by atoms with Gasteiger partial charge in [-0.05, 0) is 37.4 Å². The lowest BCUT2D eigenvalue weighted by atomic mass is 10.4. The first-order valence-electron chi connectivity index (χ1n) is 2.60. The van der Waals surface area contributed by atoms with E-state index in [1.807, 2.05) is 0 Å². The summed E-state index contributed by atoms with van der Waals surface area (Å²) in [6, 6.07) is 0. The Morgan fingerprint density at radius 2 is 2.18 bits per heavy atom. The van der Waals surface area contributed by atoms with Gasteiger partial charge in [-0.3, -0.25) is 4.98 Å². The van der Waals surface area contributed by atoms with Gasteiger partial charge in [-0.2, -0.15) is 0 Å². The minimum Gasteiger partial charge on any atom is -0.263 e. The van der Waals surface area contributed by atoms with Crippen LogP contribution in [0.5, 0.6) is 0 Å². The summed E-state index contributed by atoms with van der Waals surface area (Å²) in [5, 5.41) is 3.41. The van der Waals surface area contributed by atoms with Crippen LogP contribution in [0.1, 0.15) is 0 Å². The van der Waals surface area contributed by atoms with Crippen LogP contribution in [0.25, 0.3) is 10.4 Å². The van der Waals surface area contributed by atoms with Crippen molar-refractivity contribution in [3.8, 4) is 0 Å². The molecule has 0 unspecified atom stereocenters. The van der Waals surface area contributed by atoms with Gasteiger partial charge in [-0.25, -0.2) is 0 Å². The highest BCUT2D eigenvalue weighted by Gasteiger charge is 2.00. The van der Waals surface area contributed by atoms with Crippen molar-refractivity contribution < 1.29 is 0 Å². The van der Waals surface area contributed by atoms with Gasteiger partial charge in [-0.15, -0.1) is 0 Å². The molecule has 1 aromatic rings. The van der Waals surface area contributed by atoms with Gasteiger partial charge in [0.1, 0.15) is 0 Å².